The average molecular weight is 359 g/mol. The third-order valence-electron chi connectivity index (χ3n) is 3.71. The quantitative estimate of drug-likeness (QED) is 0.378. The van der Waals surface area contributed by atoms with Crippen LogP contribution in [0.3, 0.4) is 0 Å². The summed E-state index contributed by atoms with van der Waals surface area (Å²) in [5, 5.41) is 20.5. The molecule has 0 radical (unpaired) electrons. The van der Waals surface area contributed by atoms with Gasteiger partial charge in [-0.05, 0) is 36.6 Å². The van der Waals surface area contributed by atoms with Crippen molar-refractivity contribution in [3.05, 3.63) is 29.3 Å². The lowest BCUT2D eigenvalue weighted by Gasteiger charge is -2.17. The zero-order valence-electron chi connectivity index (χ0n) is 15.4. The molecule has 0 saturated carbocycles. The topological polar surface area (TPSA) is 103 Å². The number of amides is 1. The molecule has 0 fully saturated rings. The monoisotopic (exact) mass is 359 g/mol. The van der Waals surface area contributed by atoms with Crippen LogP contribution in [0.25, 0.3) is 6.08 Å². The third-order valence-corrected chi connectivity index (χ3v) is 3.71. The molecule has 7 heteroatoms. The Morgan fingerprint density at radius 2 is 2.04 bits per heavy atom. The number of rotatable bonds is 10. The number of benzene rings is 1. The number of hydrogen-bond acceptors (Lipinski definition) is 5. The van der Waals surface area contributed by atoms with Gasteiger partial charge in [-0.25, -0.2) is 0 Å². The van der Waals surface area contributed by atoms with Gasteiger partial charge in [0.05, 0.1) is 12.8 Å². The molecule has 1 aromatic carbocycles. The number of carboxylic acid groups (broad SMARTS) is 1. The van der Waals surface area contributed by atoms with Gasteiger partial charge in [0.25, 0.3) is 5.91 Å². The first-order chi connectivity index (χ1) is 12.4. The van der Waals surface area contributed by atoms with E-state index in [0.29, 0.717) is 31.6 Å². The van der Waals surface area contributed by atoms with Crippen LogP contribution < -0.4 is 15.0 Å². The van der Waals surface area contributed by atoms with E-state index in [1.165, 1.54) is 6.08 Å². The molecule has 0 aliphatic carbocycles. The highest BCUT2D eigenvalue weighted by Gasteiger charge is 2.10. The third kappa shape index (κ3) is 6.85. The summed E-state index contributed by atoms with van der Waals surface area (Å²) in [6.07, 6.45) is 3.62. The van der Waals surface area contributed by atoms with E-state index >= 15 is 0 Å². The first-order valence-corrected chi connectivity index (χ1v) is 8.36. The molecule has 1 rings (SSSR count). The number of carbonyl (C=O) groups is 2. The fourth-order valence-electron chi connectivity index (χ4n) is 2.34. The van der Waals surface area contributed by atoms with Crippen LogP contribution in [0.1, 0.15) is 31.2 Å². The molecular formula is C19H25N3O4. The maximum Gasteiger partial charge on any atom is 0.303 e. The van der Waals surface area contributed by atoms with Crippen LogP contribution in [0.4, 0.5) is 5.69 Å². The maximum absolute atomic E-state index is 12.1. The Balaban J connectivity index is 2.69. The number of carboxylic acids is 1. The van der Waals surface area contributed by atoms with Crippen molar-refractivity contribution < 1.29 is 19.4 Å². The van der Waals surface area contributed by atoms with E-state index in [1.807, 2.05) is 31.1 Å². The average Bonchev–Trinajstić information content (AvgIpc) is 2.61. The van der Waals surface area contributed by atoms with E-state index in [1.54, 1.807) is 19.2 Å². The second kappa shape index (κ2) is 10.8. The van der Waals surface area contributed by atoms with Crippen LogP contribution in [0.15, 0.2) is 23.8 Å². The molecule has 0 heterocycles. The molecule has 140 valence electrons. The van der Waals surface area contributed by atoms with Crippen molar-refractivity contribution in [2.45, 2.75) is 25.7 Å². The molecule has 7 nitrogen and oxygen atoms in total. The van der Waals surface area contributed by atoms with E-state index in [9.17, 15) is 14.9 Å². The van der Waals surface area contributed by atoms with Gasteiger partial charge in [-0.2, -0.15) is 5.26 Å². The van der Waals surface area contributed by atoms with E-state index in [-0.39, 0.29) is 12.0 Å². The Morgan fingerprint density at radius 3 is 2.62 bits per heavy atom. The standard InChI is InChI=1S/C19H25N3O4/c1-22(2)16-12-14(8-9-17(16)26-3)11-15(13-20)19(25)21-10-6-4-5-7-18(23)24/h8-9,11-12H,4-7,10H2,1-3H3,(H,21,25)(H,23,24). The lowest BCUT2D eigenvalue weighted by Crippen LogP contribution is -2.25. The number of methoxy groups -OCH3 is 1. The van der Waals surface area contributed by atoms with Gasteiger partial charge in [-0.15, -0.1) is 0 Å². The molecule has 0 aliphatic heterocycles. The van der Waals surface area contributed by atoms with Crippen molar-refractivity contribution in [1.29, 1.82) is 5.26 Å². The summed E-state index contributed by atoms with van der Waals surface area (Å²) in [6.45, 7) is 0.406. The number of ether oxygens (including phenoxy) is 1. The Morgan fingerprint density at radius 1 is 1.31 bits per heavy atom. The Kier molecular flexibility index (Phi) is 8.71. The van der Waals surface area contributed by atoms with Crippen molar-refractivity contribution in [2.75, 3.05) is 32.6 Å². The Hall–Kier alpha value is -3.01. The largest absolute Gasteiger partial charge is 0.495 e. The highest BCUT2D eigenvalue weighted by Crippen LogP contribution is 2.28. The van der Waals surface area contributed by atoms with Crippen LogP contribution in [-0.2, 0) is 9.59 Å². The second-order valence-electron chi connectivity index (χ2n) is 5.96. The molecule has 0 unspecified atom stereocenters. The number of nitriles is 1. The molecular weight excluding hydrogens is 334 g/mol. The van der Waals surface area contributed by atoms with Gasteiger partial charge in [-0.3, -0.25) is 9.59 Å². The van der Waals surface area contributed by atoms with Crippen molar-refractivity contribution >= 4 is 23.6 Å². The second-order valence-corrected chi connectivity index (χ2v) is 5.96. The van der Waals surface area contributed by atoms with Gasteiger partial charge in [0.1, 0.15) is 17.4 Å². The van der Waals surface area contributed by atoms with Crippen molar-refractivity contribution in [1.82, 2.24) is 5.32 Å². The van der Waals surface area contributed by atoms with Crippen molar-refractivity contribution in [3.63, 3.8) is 0 Å². The molecule has 26 heavy (non-hydrogen) atoms. The zero-order valence-corrected chi connectivity index (χ0v) is 15.4. The lowest BCUT2D eigenvalue weighted by molar-refractivity contribution is -0.137. The molecule has 0 atom stereocenters. The van der Waals surface area contributed by atoms with Gasteiger partial charge >= 0.3 is 5.97 Å². The summed E-state index contributed by atoms with van der Waals surface area (Å²) >= 11 is 0. The zero-order chi connectivity index (χ0) is 19.5. The minimum atomic E-state index is -0.819. The Bertz CT molecular complexity index is 705. The van der Waals surface area contributed by atoms with Crippen molar-refractivity contribution in [2.24, 2.45) is 0 Å². The molecule has 0 aliphatic rings. The molecule has 0 bridgehead atoms. The van der Waals surface area contributed by atoms with Gasteiger partial charge in [0, 0.05) is 27.1 Å². The van der Waals surface area contributed by atoms with E-state index < -0.39 is 11.9 Å². The number of anilines is 1. The smallest absolute Gasteiger partial charge is 0.303 e. The summed E-state index contributed by atoms with van der Waals surface area (Å²) in [4.78, 5) is 24.4. The van der Waals surface area contributed by atoms with E-state index in [2.05, 4.69) is 5.32 Å². The highest BCUT2D eigenvalue weighted by atomic mass is 16.5. The van der Waals surface area contributed by atoms with Gasteiger partial charge in [0.2, 0.25) is 0 Å². The minimum Gasteiger partial charge on any atom is -0.495 e. The lowest BCUT2D eigenvalue weighted by atomic mass is 10.1. The van der Waals surface area contributed by atoms with E-state index in [0.717, 1.165) is 11.3 Å². The summed E-state index contributed by atoms with van der Waals surface area (Å²) in [5.74, 6) is -0.551. The first kappa shape index (κ1) is 21.0. The van der Waals surface area contributed by atoms with Crippen LogP contribution in [0.5, 0.6) is 5.75 Å². The number of carbonyl (C=O) groups excluding carboxylic acids is 1. The molecule has 1 aromatic rings. The van der Waals surface area contributed by atoms with Gasteiger partial charge < -0.3 is 20.1 Å². The van der Waals surface area contributed by atoms with Gasteiger partial charge in [-0.1, -0.05) is 12.5 Å². The fourth-order valence-corrected chi connectivity index (χ4v) is 2.34. The number of unbranched alkanes of at least 4 members (excludes halogenated alkanes) is 2. The first-order valence-electron chi connectivity index (χ1n) is 8.36. The molecule has 0 saturated heterocycles. The maximum atomic E-state index is 12.1. The SMILES string of the molecule is COc1ccc(C=C(C#N)C(=O)NCCCCCC(=O)O)cc1N(C)C. The van der Waals surface area contributed by atoms with Crippen LogP contribution >= 0.6 is 0 Å². The van der Waals surface area contributed by atoms with Crippen LogP contribution in [0.2, 0.25) is 0 Å². The predicted octanol–water partition coefficient (Wildman–Crippen LogP) is 2.43. The predicted molar refractivity (Wildman–Crippen MR) is 100 cm³/mol. The minimum absolute atomic E-state index is 0.0189. The van der Waals surface area contributed by atoms with Crippen LogP contribution in [-0.4, -0.2) is 44.7 Å². The Labute approximate surface area is 153 Å². The van der Waals surface area contributed by atoms with Gasteiger partial charge in [0.15, 0.2) is 0 Å². The highest BCUT2D eigenvalue weighted by molar-refractivity contribution is 6.01. The molecule has 0 spiro atoms. The summed E-state index contributed by atoms with van der Waals surface area (Å²) in [5.41, 5.74) is 1.59. The number of nitrogens with zero attached hydrogens (tertiary/aromatic N) is 2. The van der Waals surface area contributed by atoms with E-state index in [4.69, 9.17) is 9.84 Å². The van der Waals surface area contributed by atoms with Crippen LogP contribution in [0, 0.1) is 11.3 Å². The summed E-state index contributed by atoms with van der Waals surface area (Å²) in [7, 11) is 5.35. The number of nitrogens with one attached hydrogen (secondary N) is 1. The normalized spacial score (nSPS) is 10.8. The summed E-state index contributed by atoms with van der Waals surface area (Å²) in [6, 6.07) is 7.33. The summed E-state index contributed by atoms with van der Waals surface area (Å²) < 4.78 is 5.30. The molecule has 1 amide bonds. The molecule has 2 N–H and O–H groups in total. The number of aliphatic carboxylic acids is 1. The molecule has 0 aromatic heterocycles. The fraction of sp³-hybridized carbons (Fsp3) is 0.421. The van der Waals surface area contributed by atoms with Crippen molar-refractivity contribution in [3.8, 4) is 11.8 Å². The number of hydrogen-bond donors (Lipinski definition) is 2.